The van der Waals surface area contributed by atoms with Gasteiger partial charge in [-0.2, -0.15) is 0 Å². The molecule has 1 atom stereocenters. The summed E-state index contributed by atoms with van der Waals surface area (Å²) in [5.74, 6) is 0.828. The first kappa shape index (κ1) is 15.1. The van der Waals surface area contributed by atoms with E-state index in [0.29, 0.717) is 6.54 Å². The SMILES string of the molecule is CCCC(N)C(=O)NCCSc1ccc(C)cc1. The maximum atomic E-state index is 11.5. The fourth-order valence-electron chi connectivity index (χ4n) is 1.55. The topological polar surface area (TPSA) is 55.1 Å². The Morgan fingerprint density at radius 3 is 2.67 bits per heavy atom. The van der Waals surface area contributed by atoms with Gasteiger partial charge in [-0.3, -0.25) is 4.79 Å². The van der Waals surface area contributed by atoms with E-state index in [0.717, 1.165) is 18.6 Å². The minimum atomic E-state index is -0.362. The summed E-state index contributed by atoms with van der Waals surface area (Å²) in [6.07, 6.45) is 1.68. The number of benzene rings is 1. The molecule has 3 N–H and O–H groups in total. The second-order valence-electron chi connectivity index (χ2n) is 4.35. The maximum Gasteiger partial charge on any atom is 0.236 e. The van der Waals surface area contributed by atoms with Crippen LogP contribution in [0.3, 0.4) is 0 Å². The molecule has 0 saturated heterocycles. The second kappa shape index (κ2) is 8.16. The molecule has 1 amide bonds. The molecule has 0 bridgehead atoms. The van der Waals surface area contributed by atoms with Gasteiger partial charge in [0.1, 0.15) is 0 Å². The number of nitrogens with two attached hydrogens (primary N) is 1. The lowest BCUT2D eigenvalue weighted by atomic mass is 10.2. The number of carbonyl (C=O) groups is 1. The van der Waals surface area contributed by atoms with E-state index < -0.39 is 0 Å². The Balaban J connectivity index is 2.18. The Morgan fingerprint density at radius 2 is 2.06 bits per heavy atom. The Bertz CT molecular complexity index is 365. The maximum absolute atomic E-state index is 11.5. The molecule has 1 rings (SSSR count). The standard InChI is InChI=1S/C14H22N2OS/c1-3-4-13(15)14(17)16-9-10-18-12-7-5-11(2)6-8-12/h5-8,13H,3-4,9-10,15H2,1-2H3,(H,16,17). The van der Waals surface area contributed by atoms with Gasteiger partial charge in [0.2, 0.25) is 5.91 Å². The van der Waals surface area contributed by atoms with Gasteiger partial charge in [0.05, 0.1) is 6.04 Å². The summed E-state index contributed by atoms with van der Waals surface area (Å²) in [6.45, 7) is 4.76. The van der Waals surface area contributed by atoms with Gasteiger partial charge in [0.25, 0.3) is 0 Å². The van der Waals surface area contributed by atoms with Crippen molar-refractivity contribution in [3.63, 3.8) is 0 Å². The molecule has 0 heterocycles. The van der Waals surface area contributed by atoms with Gasteiger partial charge in [0, 0.05) is 17.2 Å². The van der Waals surface area contributed by atoms with Crippen LogP contribution >= 0.6 is 11.8 Å². The first-order valence-electron chi connectivity index (χ1n) is 6.36. The van der Waals surface area contributed by atoms with Gasteiger partial charge in [-0.1, -0.05) is 31.0 Å². The van der Waals surface area contributed by atoms with E-state index in [1.54, 1.807) is 11.8 Å². The smallest absolute Gasteiger partial charge is 0.236 e. The molecule has 100 valence electrons. The predicted octanol–water partition coefficient (Wildman–Crippen LogP) is 2.33. The number of hydrogen-bond acceptors (Lipinski definition) is 3. The van der Waals surface area contributed by atoms with E-state index >= 15 is 0 Å². The first-order valence-corrected chi connectivity index (χ1v) is 7.34. The highest BCUT2D eigenvalue weighted by molar-refractivity contribution is 7.99. The summed E-state index contributed by atoms with van der Waals surface area (Å²) in [5.41, 5.74) is 6.98. The van der Waals surface area contributed by atoms with Crippen molar-refractivity contribution in [3.8, 4) is 0 Å². The molecule has 0 spiro atoms. The minimum absolute atomic E-state index is 0.0404. The molecule has 0 saturated carbocycles. The summed E-state index contributed by atoms with van der Waals surface area (Å²) >= 11 is 1.74. The Hall–Kier alpha value is -1.00. The molecule has 0 aliphatic rings. The normalized spacial score (nSPS) is 12.2. The lowest BCUT2D eigenvalue weighted by molar-refractivity contribution is -0.122. The van der Waals surface area contributed by atoms with Crippen LogP contribution in [0, 0.1) is 6.92 Å². The van der Waals surface area contributed by atoms with Crippen LogP contribution in [0.25, 0.3) is 0 Å². The van der Waals surface area contributed by atoms with Crippen molar-refractivity contribution in [1.29, 1.82) is 0 Å². The number of thioether (sulfide) groups is 1. The molecule has 4 heteroatoms. The largest absolute Gasteiger partial charge is 0.354 e. The van der Waals surface area contributed by atoms with Crippen molar-refractivity contribution < 1.29 is 4.79 Å². The van der Waals surface area contributed by atoms with Gasteiger partial charge in [-0.25, -0.2) is 0 Å². The van der Waals surface area contributed by atoms with Gasteiger partial charge in [-0.15, -0.1) is 11.8 Å². The third kappa shape index (κ3) is 5.56. The molecular weight excluding hydrogens is 244 g/mol. The highest BCUT2D eigenvalue weighted by Gasteiger charge is 2.10. The van der Waals surface area contributed by atoms with E-state index in [4.69, 9.17) is 5.73 Å². The molecule has 3 nitrogen and oxygen atoms in total. The Kier molecular flexibility index (Phi) is 6.83. The molecule has 1 aromatic carbocycles. The number of hydrogen-bond donors (Lipinski definition) is 2. The zero-order valence-electron chi connectivity index (χ0n) is 11.1. The van der Waals surface area contributed by atoms with Crippen molar-refractivity contribution in [2.75, 3.05) is 12.3 Å². The molecule has 0 aliphatic heterocycles. The number of carbonyl (C=O) groups excluding carboxylic acids is 1. The van der Waals surface area contributed by atoms with Gasteiger partial charge < -0.3 is 11.1 Å². The van der Waals surface area contributed by atoms with Crippen molar-refractivity contribution in [2.24, 2.45) is 5.73 Å². The van der Waals surface area contributed by atoms with Crippen LogP contribution < -0.4 is 11.1 Å². The van der Waals surface area contributed by atoms with E-state index in [1.165, 1.54) is 10.5 Å². The van der Waals surface area contributed by atoms with Crippen LogP contribution in [-0.2, 0) is 4.79 Å². The number of amides is 1. The third-order valence-corrected chi connectivity index (χ3v) is 3.64. The molecule has 0 aliphatic carbocycles. The summed E-state index contributed by atoms with van der Waals surface area (Å²) < 4.78 is 0. The molecular formula is C14H22N2OS. The first-order chi connectivity index (χ1) is 8.63. The Labute approximate surface area is 114 Å². The average molecular weight is 266 g/mol. The summed E-state index contributed by atoms with van der Waals surface area (Å²) in [5, 5.41) is 2.86. The van der Waals surface area contributed by atoms with Crippen molar-refractivity contribution in [3.05, 3.63) is 29.8 Å². The predicted molar refractivity (Wildman–Crippen MR) is 77.8 cm³/mol. The van der Waals surface area contributed by atoms with Crippen LogP contribution in [0.4, 0.5) is 0 Å². The second-order valence-corrected chi connectivity index (χ2v) is 5.52. The quantitative estimate of drug-likeness (QED) is 0.588. The number of nitrogens with one attached hydrogen (secondary N) is 1. The zero-order chi connectivity index (χ0) is 13.4. The summed E-state index contributed by atoms with van der Waals surface area (Å²) in [6, 6.07) is 8.03. The monoisotopic (exact) mass is 266 g/mol. The lowest BCUT2D eigenvalue weighted by Crippen LogP contribution is -2.41. The molecule has 18 heavy (non-hydrogen) atoms. The average Bonchev–Trinajstić information content (AvgIpc) is 2.36. The van der Waals surface area contributed by atoms with Gasteiger partial charge in [0.15, 0.2) is 0 Å². The van der Waals surface area contributed by atoms with E-state index in [1.807, 2.05) is 6.92 Å². The fourth-order valence-corrected chi connectivity index (χ4v) is 2.32. The number of aryl methyl sites for hydroxylation is 1. The molecule has 0 aromatic heterocycles. The number of rotatable bonds is 7. The van der Waals surface area contributed by atoms with Crippen LogP contribution in [0.15, 0.2) is 29.2 Å². The molecule has 0 radical (unpaired) electrons. The summed E-state index contributed by atoms with van der Waals surface area (Å²) in [7, 11) is 0. The van der Waals surface area contributed by atoms with Crippen molar-refractivity contribution >= 4 is 17.7 Å². The van der Waals surface area contributed by atoms with E-state index in [2.05, 4.69) is 36.5 Å². The molecule has 1 aromatic rings. The molecule has 0 fully saturated rings. The van der Waals surface area contributed by atoms with Crippen LogP contribution in [-0.4, -0.2) is 24.2 Å². The summed E-state index contributed by atoms with van der Waals surface area (Å²) in [4.78, 5) is 12.8. The van der Waals surface area contributed by atoms with E-state index in [9.17, 15) is 4.79 Å². The van der Waals surface area contributed by atoms with Crippen LogP contribution in [0.5, 0.6) is 0 Å². The van der Waals surface area contributed by atoms with Crippen molar-refractivity contribution in [2.45, 2.75) is 37.6 Å². The lowest BCUT2D eigenvalue weighted by Gasteiger charge is -2.10. The fraction of sp³-hybridized carbons (Fsp3) is 0.500. The van der Waals surface area contributed by atoms with E-state index in [-0.39, 0.29) is 11.9 Å². The minimum Gasteiger partial charge on any atom is -0.354 e. The van der Waals surface area contributed by atoms with Crippen molar-refractivity contribution in [1.82, 2.24) is 5.32 Å². The third-order valence-electron chi connectivity index (χ3n) is 2.63. The highest BCUT2D eigenvalue weighted by Crippen LogP contribution is 2.17. The highest BCUT2D eigenvalue weighted by atomic mass is 32.2. The molecule has 1 unspecified atom stereocenters. The Morgan fingerprint density at radius 1 is 1.39 bits per heavy atom. The van der Waals surface area contributed by atoms with Crippen LogP contribution in [0.2, 0.25) is 0 Å². The van der Waals surface area contributed by atoms with Gasteiger partial charge in [-0.05, 0) is 25.5 Å². The zero-order valence-corrected chi connectivity index (χ0v) is 11.9. The van der Waals surface area contributed by atoms with Crippen LogP contribution in [0.1, 0.15) is 25.3 Å². The van der Waals surface area contributed by atoms with Gasteiger partial charge >= 0.3 is 0 Å².